The first kappa shape index (κ1) is 20.9. The Morgan fingerprint density at radius 1 is 1.09 bits per heavy atom. The molecule has 2 N–H and O–H groups in total. The minimum absolute atomic E-state index is 0. The molecule has 0 aliphatic heterocycles. The fourth-order valence-corrected chi connectivity index (χ4v) is 1.83. The van der Waals surface area contributed by atoms with Gasteiger partial charge in [-0.2, -0.15) is 0 Å². The van der Waals surface area contributed by atoms with Gasteiger partial charge >= 0.3 is 11.9 Å². The van der Waals surface area contributed by atoms with E-state index in [1.54, 1.807) is 20.2 Å². The maximum absolute atomic E-state index is 11.8. The molecule has 0 aromatic heterocycles. The number of nitrogens with two attached hydrogens (primary N) is 1. The number of nitrogens with zero attached hydrogens (tertiary/aromatic N) is 1. The third-order valence-corrected chi connectivity index (χ3v) is 2.73. The molecular weight excluding hydrogens is 324 g/mol. The largest absolute Gasteiger partial charge is 0.423 e. The minimum Gasteiger partial charge on any atom is -0.423 e. The molecule has 0 bridgehead atoms. The minimum atomic E-state index is -0.709. The monoisotopic (exact) mass is 344 g/mol. The van der Waals surface area contributed by atoms with E-state index in [4.69, 9.17) is 15.2 Å². The maximum atomic E-state index is 11.8. The summed E-state index contributed by atoms with van der Waals surface area (Å²) in [6.45, 7) is 2.49. The van der Waals surface area contributed by atoms with Crippen LogP contribution in [0, 0.1) is 0 Å². The van der Waals surface area contributed by atoms with E-state index in [1.165, 1.54) is 30.9 Å². The van der Waals surface area contributed by atoms with E-state index in [0.717, 1.165) is 0 Å². The van der Waals surface area contributed by atoms with Crippen LogP contribution in [0.15, 0.2) is 18.2 Å². The summed E-state index contributed by atoms with van der Waals surface area (Å²) < 4.78 is 9.99. The van der Waals surface area contributed by atoms with Crippen molar-refractivity contribution >= 4 is 30.3 Å². The first-order valence-corrected chi connectivity index (χ1v) is 6.67. The van der Waals surface area contributed by atoms with E-state index in [0.29, 0.717) is 5.56 Å². The molecule has 0 saturated carbocycles. The van der Waals surface area contributed by atoms with Gasteiger partial charge in [0, 0.05) is 27.9 Å². The summed E-state index contributed by atoms with van der Waals surface area (Å²) in [5.41, 5.74) is 6.53. The fraction of sp³-hybridized carbons (Fsp3) is 0.400. The molecule has 1 rings (SSSR count). The SMILES string of the molecule is CC(=O)Oc1ccc(C[C@H](N)C(=O)N(C)C)cc1OC(C)=O.Cl. The van der Waals surface area contributed by atoms with Crippen molar-refractivity contribution in [2.45, 2.75) is 26.3 Å². The Kier molecular flexibility index (Phi) is 8.28. The van der Waals surface area contributed by atoms with Crippen molar-refractivity contribution < 1.29 is 23.9 Å². The third kappa shape index (κ3) is 6.66. The summed E-state index contributed by atoms with van der Waals surface area (Å²) in [7, 11) is 3.24. The van der Waals surface area contributed by atoms with E-state index in [2.05, 4.69) is 0 Å². The summed E-state index contributed by atoms with van der Waals surface area (Å²) in [5.74, 6) is -1.03. The molecule has 0 spiro atoms. The molecular formula is C15H21ClN2O5. The van der Waals surface area contributed by atoms with Gasteiger partial charge in [0.2, 0.25) is 5.91 Å². The van der Waals surface area contributed by atoms with Crippen LogP contribution in [0.4, 0.5) is 0 Å². The number of hydrogen-bond acceptors (Lipinski definition) is 6. The van der Waals surface area contributed by atoms with Gasteiger partial charge in [-0.3, -0.25) is 14.4 Å². The molecule has 0 unspecified atom stereocenters. The Morgan fingerprint density at radius 3 is 2.09 bits per heavy atom. The summed E-state index contributed by atoms with van der Waals surface area (Å²) >= 11 is 0. The molecule has 1 aromatic carbocycles. The highest BCUT2D eigenvalue weighted by atomic mass is 35.5. The van der Waals surface area contributed by atoms with Crippen molar-refractivity contribution in [3.05, 3.63) is 23.8 Å². The number of esters is 2. The number of halogens is 1. The molecule has 0 radical (unpaired) electrons. The molecule has 0 fully saturated rings. The van der Waals surface area contributed by atoms with E-state index in [1.807, 2.05) is 0 Å². The summed E-state index contributed by atoms with van der Waals surface area (Å²) in [5, 5.41) is 0. The van der Waals surface area contributed by atoms with Crippen molar-refractivity contribution in [1.29, 1.82) is 0 Å². The van der Waals surface area contributed by atoms with Crippen molar-refractivity contribution in [2.24, 2.45) is 5.73 Å². The van der Waals surface area contributed by atoms with Crippen LogP contribution >= 0.6 is 12.4 Å². The van der Waals surface area contributed by atoms with Crippen LogP contribution < -0.4 is 15.2 Å². The Morgan fingerprint density at radius 2 is 1.61 bits per heavy atom. The Balaban J connectivity index is 0.00000484. The van der Waals surface area contributed by atoms with Gasteiger partial charge in [0.25, 0.3) is 0 Å². The van der Waals surface area contributed by atoms with Crippen molar-refractivity contribution in [3.8, 4) is 11.5 Å². The topological polar surface area (TPSA) is 98.9 Å². The van der Waals surface area contributed by atoms with Crippen molar-refractivity contribution in [1.82, 2.24) is 4.90 Å². The van der Waals surface area contributed by atoms with Crippen LogP contribution in [0.2, 0.25) is 0 Å². The Labute approximate surface area is 141 Å². The van der Waals surface area contributed by atoms with Gasteiger partial charge in [0.05, 0.1) is 6.04 Å². The molecule has 0 saturated heterocycles. The van der Waals surface area contributed by atoms with E-state index in [-0.39, 0.29) is 36.2 Å². The van der Waals surface area contributed by atoms with Crippen LogP contribution in [0.25, 0.3) is 0 Å². The van der Waals surface area contributed by atoms with Crippen molar-refractivity contribution in [2.75, 3.05) is 14.1 Å². The van der Waals surface area contributed by atoms with Gasteiger partial charge in [-0.05, 0) is 24.1 Å². The number of likely N-dealkylation sites (N-methyl/N-ethyl adjacent to an activating group) is 1. The Hall–Kier alpha value is -2.12. The third-order valence-electron chi connectivity index (χ3n) is 2.73. The van der Waals surface area contributed by atoms with Gasteiger partial charge in [0.1, 0.15) is 0 Å². The highest BCUT2D eigenvalue weighted by Crippen LogP contribution is 2.29. The zero-order chi connectivity index (χ0) is 16.9. The number of hydrogen-bond donors (Lipinski definition) is 1. The lowest BCUT2D eigenvalue weighted by atomic mass is 10.1. The second kappa shape index (κ2) is 9.12. The summed E-state index contributed by atoms with van der Waals surface area (Å²) in [4.78, 5) is 35.4. The molecule has 0 heterocycles. The lowest BCUT2D eigenvalue weighted by Crippen LogP contribution is -2.41. The zero-order valence-electron chi connectivity index (χ0n) is 13.5. The highest BCUT2D eigenvalue weighted by Gasteiger charge is 2.18. The van der Waals surface area contributed by atoms with Crippen LogP contribution in [0.5, 0.6) is 11.5 Å². The lowest BCUT2D eigenvalue weighted by Gasteiger charge is -2.17. The normalized spacial score (nSPS) is 11.0. The maximum Gasteiger partial charge on any atom is 0.308 e. The van der Waals surface area contributed by atoms with Gasteiger partial charge in [-0.1, -0.05) is 6.07 Å². The van der Waals surface area contributed by atoms with Crippen LogP contribution in [0.3, 0.4) is 0 Å². The second-order valence-electron chi connectivity index (χ2n) is 5.01. The molecule has 0 aliphatic rings. The number of ether oxygens (including phenoxy) is 2. The summed E-state index contributed by atoms with van der Waals surface area (Å²) in [6.07, 6.45) is 0.269. The van der Waals surface area contributed by atoms with Crippen LogP contribution in [0.1, 0.15) is 19.4 Å². The van der Waals surface area contributed by atoms with E-state index in [9.17, 15) is 14.4 Å². The van der Waals surface area contributed by atoms with Crippen LogP contribution in [-0.2, 0) is 20.8 Å². The standard InChI is InChI=1S/C15H20N2O5.ClH/c1-9(18)21-13-6-5-11(8-14(13)22-10(2)19)7-12(16)15(20)17(3)4;/h5-6,8,12H,7,16H2,1-4H3;1H/t12-;/m0./s1. The highest BCUT2D eigenvalue weighted by molar-refractivity contribution is 5.85. The predicted octanol–water partition coefficient (Wildman–Crippen LogP) is 0.917. The van der Waals surface area contributed by atoms with Gasteiger partial charge in [-0.15, -0.1) is 12.4 Å². The van der Waals surface area contributed by atoms with Crippen molar-refractivity contribution in [3.63, 3.8) is 0 Å². The number of amides is 1. The first-order chi connectivity index (χ1) is 10.2. The number of benzene rings is 1. The van der Waals surface area contributed by atoms with Gasteiger partial charge in [-0.25, -0.2) is 0 Å². The first-order valence-electron chi connectivity index (χ1n) is 6.67. The molecule has 7 nitrogen and oxygen atoms in total. The lowest BCUT2D eigenvalue weighted by molar-refractivity contribution is -0.134. The molecule has 1 aromatic rings. The van der Waals surface area contributed by atoms with E-state index < -0.39 is 18.0 Å². The average molecular weight is 345 g/mol. The molecule has 0 aliphatic carbocycles. The van der Waals surface area contributed by atoms with Crippen LogP contribution in [-0.4, -0.2) is 42.9 Å². The van der Waals surface area contributed by atoms with Gasteiger partial charge in [0.15, 0.2) is 11.5 Å². The molecule has 128 valence electrons. The average Bonchev–Trinajstić information content (AvgIpc) is 2.39. The molecule has 23 heavy (non-hydrogen) atoms. The molecule has 1 amide bonds. The van der Waals surface area contributed by atoms with Gasteiger partial charge < -0.3 is 20.1 Å². The number of carbonyl (C=O) groups is 3. The quantitative estimate of drug-likeness (QED) is 0.630. The zero-order valence-corrected chi connectivity index (χ0v) is 14.3. The van der Waals surface area contributed by atoms with E-state index >= 15 is 0 Å². The summed E-state index contributed by atoms with van der Waals surface area (Å²) in [6, 6.07) is 3.98. The molecule has 1 atom stereocenters. The smallest absolute Gasteiger partial charge is 0.308 e. The molecule has 8 heteroatoms. The second-order valence-corrected chi connectivity index (χ2v) is 5.01. The predicted molar refractivity (Wildman–Crippen MR) is 86.7 cm³/mol. The Bertz CT molecular complexity index is 589. The fourth-order valence-electron chi connectivity index (χ4n) is 1.83. The number of carbonyl (C=O) groups excluding carboxylic acids is 3. The number of rotatable bonds is 5.